The number of carboxylic acids is 4. The summed E-state index contributed by atoms with van der Waals surface area (Å²) in [6.07, 6.45) is 23.8. The first-order valence-electron chi connectivity index (χ1n) is 44.6. The Morgan fingerprint density at radius 1 is 0.394 bits per heavy atom. The molecule has 19 atom stereocenters. The van der Waals surface area contributed by atoms with Gasteiger partial charge in [0.1, 0.15) is 0 Å². The summed E-state index contributed by atoms with van der Waals surface area (Å²) in [5.74, 6) is 8.28. The molecule has 0 aliphatic heterocycles. The van der Waals surface area contributed by atoms with Crippen molar-refractivity contribution < 1.29 is 116 Å². The molecule has 0 spiro atoms. The molecule has 0 radical (unpaired) electrons. The molecule has 16 rings (SSSR count). The van der Waals surface area contributed by atoms with Gasteiger partial charge in [-0.25, -0.2) is 0 Å². The Morgan fingerprint density at radius 3 is 0.984 bits per heavy atom. The number of hydrogen-bond donors (Lipinski definition) is 4. The first-order valence-corrected chi connectivity index (χ1v) is 44.6. The lowest BCUT2D eigenvalue weighted by Gasteiger charge is -2.63. The fourth-order valence-electron chi connectivity index (χ4n) is 22.0. The van der Waals surface area contributed by atoms with Gasteiger partial charge >= 0.3 is 66.9 Å². The molecule has 0 saturated heterocycles. The Balaban J connectivity index is 0. The summed E-state index contributed by atoms with van der Waals surface area (Å²) in [5.41, 5.74) is 4.84. The number of ether oxygens (including phenoxy) is 2. The first kappa shape index (κ1) is 121. The van der Waals surface area contributed by atoms with Crippen molar-refractivity contribution in [3.63, 3.8) is 0 Å². The highest BCUT2D eigenvalue weighted by Crippen LogP contribution is 2.65. The molecule has 0 aromatic heterocycles. The number of aliphatic carboxylic acids is 4. The van der Waals surface area contributed by atoms with Crippen LogP contribution in [0, 0.1) is 98.6 Å². The van der Waals surface area contributed by atoms with Crippen molar-refractivity contribution in [3.05, 3.63) is 71.8 Å². The number of likely N-dealkylation sites (N-methyl/N-ethyl adjacent to an activating group) is 5. The Kier molecular flexibility index (Phi) is 60.4. The van der Waals surface area contributed by atoms with Gasteiger partial charge in [-0.2, -0.15) is 67.1 Å². The maximum Gasteiger partial charge on any atom is 0.373 e. The molecule has 718 valence electrons. The lowest BCUT2D eigenvalue weighted by Crippen LogP contribution is -2.60. The van der Waals surface area contributed by atoms with Gasteiger partial charge in [-0.05, 0) is 281 Å². The molecule has 8 bridgehead atoms. The van der Waals surface area contributed by atoms with Gasteiger partial charge in [0.2, 0.25) is 0 Å². The van der Waals surface area contributed by atoms with Crippen molar-refractivity contribution >= 4 is 66.9 Å². The van der Waals surface area contributed by atoms with Gasteiger partial charge in [-0.1, -0.05) is 164 Å². The van der Waals surface area contributed by atoms with E-state index in [0.717, 1.165) is 110 Å². The van der Waals surface area contributed by atoms with Crippen LogP contribution >= 0.6 is 0 Å². The average Bonchev–Trinajstić information content (AvgIpc) is 1.34. The molecule has 2 aromatic carbocycles. The van der Waals surface area contributed by atoms with Crippen LogP contribution in [-0.2, 0) is 109 Å². The van der Waals surface area contributed by atoms with Crippen LogP contribution in [-0.4, -0.2) is 280 Å². The van der Waals surface area contributed by atoms with E-state index >= 15 is 0 Å². The minimum atomic E-state index is -0.781. The highest BCUT2D eigenvalue weighted by molar-refractivity contribution is 5.70. The quantitative estimate of drug-likeness (QED) is 0.0645. The molecule has 31 heteroatoms. The highest BCUT2D eigenvalue weighted by Gasteiger charge is 2.59. The van der Waals surface area contributed by atoms with E-state index in [0.29, 0.717) is 70.2 Å². The zero-order valence-electron chi connectivity index (χ0n) is 80.1. The minimum absolute atomic E-state index is 0.0792. The Labute approximate surface area is 755 Å². The van der Waals surface area contributed by atoms with Crippen LogP contribution in [0.15, 0.2) is 60.7 Å². The average molecular weight is 1790 g/mol. The maximum atomic E-state index is 10.8. The molecule has 4 unspecified atom stereocenters. The number of nitrogens with zero attached hydrogens (tertiary/aromatic N) is 7. The third-order valence-electron chi connectivity index (χ3n) is 29.9. The summed E-state index contributed by atoms with van der Waals surface area (Å²) >= 11 is 0. The number of carbonyl (C=O) groups is 4. The van der Waals surface area contributed by atoms with E-state index in [2.05, 4.69) is 163 Å². The number of rotatable bonds is 27. The first-order chi connectivity index (χ1) is 59.7. The molecular weight excluding hydrogens is 1640 g/mol. The largest absolute Gasteiger partial charge is 0.480 e. The van der Waals surface area contributed by atoms with Gasteiger partial charge in [-0.3, -0.25) is 38.8 Å². The molecule has 31 nitrogen and oxygen atoms in total. The third kappa shape index (κ3) is 41.1. The molecule has 2 aromatic rings. The molecule has 14 fully saturated rings. The van der Waals surface area contributed by atoms with Gasteiger partial charge in [0.15, 0.2) is 0 Å². The number of carbonyl (C=O) groups excluding carboxylic acids is 14. The third-order valence-corrected chi connectivity index (χ3v) is 29.9. The number of methoxy groups -OCH3 is 1. The molecule has 0 heterocycles. The zero-order valence-corrected chi connectivity index (χ0v) is 80.1. The van der Waals surface area contributed by atoms with Crippen LogP contribution in [0.3, 0.4) is 0 Å². The van der Waals surface area contributed by atoms with Crippen LogP contribution in [0.25, 0.3) is 0 Å². The lowest BCUT2D eigenvalue weighted by molar-refractivity contribution is -0.193. The van der Waals surface area contributed by atoms with E-state index in [9.17, 15) is 19.2 Å². The second-order valence-corrected chi connectivity index (χ2v) is 38.2. The van der Waals surface area contributed by atoms with E-state index in [-0.39, 0.29) is 81.4 Å². The number of carboxylic acid groups (broad SMARTS) is 4. The smallest absolute Gasteiger partial charge is 0.373 e. The van der Waals surface area contributed by atoms with Gasteiger partial charge in [-0.15, -0.1) is 0 Å². The van der Waals surface area contributed by atoms with Crippen LogP contribution < -0.4 is 0 Å². The normalized spacial score (nSPS) is 27.2. The standard InChI is InChI=1S/C15H21NO3.2C13H23NO2.C13H21NO.2C13H25N.C9H17NO2.7CO2/c1-16(10-15(17)18)13-8-5-9-14(13)19-11-12-6-3-2-4-7-12;2*1-8-10-5-9(13(10,2)3)6-11(8)14(4)7-12(15)16;1-4-14(2)13(11-15-3)10-12-8-6-5-7-9-12;2*1-5-14(4)9-10-6-7-11-8-12(10)13(11,2)3;1-7-4-3-5-8(7)10(2)6-9(11)12;7*2-1-3/h2-4,6-7,13-14H,5,8-11H2,1H3,(H,17,18);2*8-11H,5-7H2,1-4H3,(H,15,16);5-9,13H,4,10-11H2,1-3H3;2*10-12H,5-9H2,1-4H3;7-8H,3-6H2,1-2H3,(H,11,12);;;;;;;/t13-,14-;2*8-,9+,10?,11-;13-;2*10-,11?,12-;7-,8-;;;;;;;/m0101101......./s1. The summed E-state index contributed by atoms with van der Waals surface area (Å²) < 4.78 is 11.2. The van der Waals surface area contributed by atoms with Crippen LogP contribution in [0.4, 0.5) is 0 Å². The van der Waals surface area contributed by atoms with Crippen LogP contribution in [0.1, 0.15) is 211 Å². The summed E-state index contributed by atoms with van der Waals surface area (Å²) in [4.78, 5) is 172. The Hall–Kier alpha value is -8.38. The highest BCUT2D eigenvalue weighted by atomic mass is 16.5. The lowest BCUT2D eigenvalue weighted by atomic mass is 9.44. The summed E-state index contributed by atoms with van der Waals surface area (Å²) in [6, 6.07) is 22.8. The molecular formula is C96H155N7O24. The molecule has 127 heavy (non-hydrogen) atoms. The van der Waals surface area contributed by atoms with Crippen LogP contribution in [0.2, 0.25) is 0 Å². The van der Waals surface area contributed by atoms with Crippen molar-refractivity contribution in [2.24, 2.45) is 98.6 Å². The van der Waals surface area contributed by atoms with Gasteiger partial charge < -0.3 is 44.6 Å². The van der Waals surface area contributed by atoms with Gasteiger partial charge in [0.05, 0.1) is 45.5 Å². The maximum absolute atomic E-state index is 10.8. The molecule has 14 aliphatic rings. The monoisotopic (exact) mass is 1790 g/mol. The second kappa shape index (κ2) is 63.6. The number of fused-ring (bicyclic) bond motifs is 8. The van der Waals surface area contributed by atoms with E-state index in [4.69, 9.17) is 97.0 Å². The predicted octanol–water partition coefficient (Wildman–Crippen LogP) is 11.6. The van der Waals surface area contributed by atoms with Crippen LogP contribution in [0.5, 0.6) is 0 Å². The summed E-state index contributed by atoms with van der Waals surface area (Å²) in [7, 11) is 16.1. The fourth-order valence-corrected chi connectivity index (χ4v) is 22.0. The second-order valence-electron chi connectivity index (χ2n) is 38.2. The van der Waals surface area contributed by atoms with Crippen molar-refractivity contribution in [3.8, 4) is 0 Å². The van der Waals surface area contributed by atoms with Crippen molar-refractivity contribution in [1.29, 1.82) is 0 Å². The zero-order chi connectivity index (χ0) is 97.7. The predicted molar refractivity (Wildman–Crippen MR) is 468 cm³/mol. The molecule has 0 amide bonds. The number of benzene rings is 2. The van der Waals surface area contributed by atoms with Crippen molar-refractivity contribution in [2.45, 2.75) is 249 Å². The van der Waals surface area contributed by atoms with E-state index < -0.39 is 23.9 Å². The van der Waals surface area contributed by atoms with E-state index in [1.165, 1.54) is 109 Å². The van der Waals surface area contributed by atoms with E-state index in [1.54, 1.807) is 7.11 Å². The van der Waals surface area contributed by atoms with Crippen molar-refractivity contribution in [2.75, 3.05) is 122 Å². The minimum Gasteiger partial charge on any atom is -0.480 e. The molecule has 4 N–H and O–H groups in total. The topological polar surface area (TPSA) is 429 Å². The Bertz CT molecular complexity index is 3450. The number of hydrogen-bond acceptors (Lipinski definition) is 27. The van der Waals surface area contributed by atoms with Gasteiger partial charge in [0, 0.05) is 50.4 Å². The molecule has 14 aliphatic carbocycles. The van der Waals surface area contributed by atoms with Crippen molar-refractivity contribution in [1.82, 2.24) is 34.3 Å². The van der Waals surface area contributed by atoms with Gasteiger partial charge in [0.25, 0.3) is 0 Å². The summed E-state index contributed by atoms with van der Waals surface area (Å²) in [6.45, 7) is 41.1. The van der Waals surface area contributed by atoms with E-state index in [1.807, 2.05) is 78.1 Å². The SMILES string of the molecule is CCN(C)C[C@@H]1CCC2C[C@@H]1C2(C)C.CCN(C)C[C@H]1CCC2C[C@H]1C2(C)C.CCN(C)[C@@H](COC)Cc1ccccc1.CN(CC(=O)O)[C@H]1CCC[C@@H]1OCc1ccccc1.C[C@@H]1C2C[C@@H](C[C@H]1N(C)CC(=O)O)C2(C)C.C[C@@H]1CCC[C@H]1N(C)CC(=O)O.C[C@H]1C2C[C@H](C[C@@H]1N(C)CC(=O)O)C2(C)C.O=C=O.O=C=O.O=C=O.O=C=O.O=C=O.O=C=O.O=C=O. The summed E-state index contributed by atoms with van der Waals surface area (Å²) in [5, 5.41) is 35.1. The Morgan fingerprint density at radius 2 is 0.701 bits per heavy atom. The fraction of sp³-hybridized carbons (Fsp3) is 0.760. The molecule has 14 saturated carbocycles.